The summed E-state index contributed by atoms with van der Waals surface area (Å²) in [7, 11) is 0. The van der Waals surface area contributed by atoms with Crippen molar-refractivity contribution in [3.63, 3.8) is 0 Å². The number of oxazole rings is 1. The van der Waals surface area contributed by atoms with Gasteiger partial charge in [0.1, 0.15) is 5.76 Å². The van der Waals surface area contributed by atoms with Crippen LogP contribution in [0.15, 0.2) is 4.42 Å². The predicted octanol–water partition coefficient (Wildman–Crippen LogP) is 2.38. The van der Waals surface area contributed by atoms with Crippen molar-refractivity contribution >= 4 is 0 Å². The molecule has 1 fully saturated rings. The summed E-state index contributed by atoms with van der Waals surface area (Å²) in [6, 6.07) is 1.05. The predicted molar refractivity (Wildman–Crippen MR) is 72.3 cm³/mol. The Kier molecular flexibility index (Phi) is 4.40. The quantitative estimate of drug-likeness (QED) is 0.892. The van der Waals surface area contributed by atoms with Gasteiger partial charge in [-0.1, -0.05) is 6.92 Å². The van der Waals surface area contributed by atoms with E-state index in [-0.39, 0.29) is 0 Å². The summed E-state index contributed by atoms with van der Waals surface area (Å²) in [5, 5.41) is 0. The molecule has 1 saturated carbocycles. The number of rotatable bonds is 4. The molecular weight excluding hydrogens is 226 g/mol. The van der Waals surface area contributed by atoms with Crippen molar-refractivity contribution in [3.05, 3.63) is 17.3 Å². The number of aryl methyl sites for hydroxylation is 2. The third-order valence-corrected chi connectivity index (χ3v) is 4.08. The van der Waals surface area contributed by atoms with Gasteiger partial charge in [-0.2, -0.15) is 0 Å². The highest BCUT2D eigenvalue weighted by molar-refractivity contribution is 5.05. The van der Waals surface area contributed by atoms with Gasteiger partial charge in [0.15, 0.2) is 0 Å². The largest absolute Gasteiger partial charge is 0.444 e. The van der Waals surface area contributed by atoms with Crippen LogP contribution in [0.1, 0.15) is 50.0 Å². The second-order valence-electron chi connectivity index (χ2n) is 5.38. The number of nitrogens with two attached hydrogens (primary N) is 1. The summed E-state index contributed by atoms with van der Waals surface area (Å²) < 4.78 is 5.68. The SMILES string of the molecule is CCN(Cc1nc(C)c(C)o1)C1CCC(N)CC1. The van der Waals surface area contributed by atoms with Gasteiger partial charge in [0.2, 0.25) is 5.89 Å². The van der Waals surface area contributed by atoms with Crippen LogP contribution >= 0.6 is 0 Å². The van der Waals surface area contributed by atoms with E-state index in [1.165, 1.54) is 12.8 Å². The molecule has 0 spiro atoms. The van der Waals surface area contributed by atoms with Crippen LogP contribution in [0.5, 0.6) is 0 Å². The molecule has 2 N–H and O–H groups in total. The molecule has 1 heterocycles. The van der Waals surface area contributed by atoms with Crippen molar-refractivity contribution in [2.75, 3.05) is 6.54 Å². The molecule has 1 aliphatic carbocycles. The molecule has 4 heteroatoms. The third kappa shape index (κ3) is 3.12. The maximum Gasteiger partial charge on any atom is 0.208 e. The fourth-order valence-electron chi connectivity index (χ4n) is 2.75. The normalized spacial score (nSPS) is 24.7. The van der Waals surface area contributed by atoms with E-state index in [9.17, 15) is 0 Å². The van der Waals surface area contributed by atoms with Crippen LogP contribution in [0.25, 0.3) is 0 Å². The Hall–Kier alpha value is -0.870. The Morgan fingerprint density at radius 2 is 1.94 bits per heavy atom. The monoisotopic (exact) mass is 251 g/mol. The molecule has 18 heavy (non-hydrogen) atoms. The van der Waals surface area contributed by atoms with Crippen molar-refractivity contribution in [3.8, 4) is 0 Å². The fourth-order valence-corrected chi connectivity index (χ4v) is 2.75. The molecule has 0 unspecified atom stereocenters. The molecule has 0 aromatic carbocycles. The molecule has 0 saturated heterocycles. The zero-order valence-electron chi connectivity index (χ0n) is 11.8. The molecule has 0 radical (unpaired) electrons. The van der Waals surface area contributed by atoms with Crippen LogP contribution in [0.3, 0.4) is 0 Å². The second-order valence-corrected chi connectivity index (χ2v) is 5.38. The summed E-state index contributed by atoms with van der Waals surface area (Å²) in [6.45, 7) is 8.04. The lowest BCUT2D eigenvalue weighted by Gasteiger charge is -2.34. The number of hydrogen-bond acceptors (Lipinski definition) is 4. The van der Waals surface area contributed by atoms with E-state index in [1.807, 2.05) is 13.8 Å². The average Bonchev–Trinajstić information content (AvgIpc) is 2.67. The standard InChI is InChI=1S/C14H25N3O/c1-4-17(13-7-5-12(15)6-8-13)9-14-16-10(2)11(3)18-14/h12-13H,4-9,15H2,1-3H3. The molecule has 0 bridgehead atoms. The molecule has 1 aliphatic rings. The Balaban J connectivity index is 1.96. The van der Waals surface area contributed by atoms with E-state index in [0.29, 0.717) is 12.1 Å². The van der Waals surface area contributed by atoms with Gasteiger partial charge in [0.05, 0.1) is 12.2 Å². The highest BCUT2D eigenvalue weighted by atomic mass is 16.4. The van der Waals surface area contributed by atoms with Gasteiger partial charge in [-0.25, -0.2) is 4.98 Å². The van der Waals surface area contributed by atoms with Crippen molar-refractivity contribution in [1.82, 2.24) is 9.88 Å². The summed E-state index contributed by atoms with van der Waals surface area (Å²) >= 11 is 0. The minimum absolute atomic E-state index is 0.409. The van der Waals surface area contributed by atoms with Gasteiger partial charge < -0.3 is 10.2 Å². The zero-order valence-corrected chi connectivity index (χ0v) is 11.8. The van der Waals surface area contributed by atoms with Crippen LogP contribution in [0.4, 0.5) is 0 Å². The van der Waals surface area contributed by atoms with Gasteiger partial charge >= 0.3 is 0 Å². The van der Waals surface area contributed by atoms with Crippen LogP contribution in [-0.4, -0.2) is 28.5 Å². The highest BCUT2D eigenvalue weighted by Gasteiger charge is 2.24. The number of hydrogen-bond donors (Lipinski definition) is 1. The molecule has 0 atom stereocenters. The Morgan fingerprint density at radius 1 is 1.28 bits per heavy atom. The maximum atomic E-state index is 5.96. The first-order valence-corrected chi connectivity index (χ1v) is 7.02. The first kappa shape index (κ1) is 13.6. The minimum atomic E-state index is 0.409. The van der Waals surface area contributed by atoms with E-state index >= 15 is 0 Å². The third-order valence-electron chi connectivity index (χ3n) is 4.08. The van der Waals surface area contributed by atoms with E-state index in [4.69, 9.17) is 10.2 Å². The molecule has 4 nitrogen and oxygen atoms in total. The maximum absolute atomic E-state index is 5.96. The lowest BCUT2D eigenvalue weighted by Crippen LogP contribution is -2.40. The van der Waals surface area contributed by atoms with Gasteiger partial charge in [0.25, 0.3) is 0 Å². The summed E-state index contributed by atoms with van der Waals surface area (Å²) in [4.78, 5) is 6.94. The first-order valence-electron chi connectivity index (χ1n) is 7.02. The van der Waals surface area contributed by atoms with Crippen molar-refractivity contribution in [2.24, 2.45) is 5.73 Å². The van der Waals surface area contributed by atoms with Gasteiger partial charge in [-0.15, -0.1) is 0 Å². The zero-order chi connectivity index (χ0) is 13.1. The Labute approximate surface area is 110 Å². The molecule has 1 aromatic rings. The summed E-state index contributed by atoms with van der Waals surface area (Å²) in [6.07, 6.45) is 4.69. The van der Waals surface area contributed by atoms with Crippen molar-refractivity contribution in [1.29, 1.82) is 0 Å². The lowest BCUT2D eigenvalue weighted by molar-refractivity contribution is 0.137. The molecule has 102 valence electrons. The first-order chi connectivity index (χ1) is 8.60. The summed E-state index contributed by atoms with van der Waals surface area (Å²) in [5.41, 5.74) is 6.97. The molecule has 1 aromatic heterocycles. The Morgan fingerprint density at radius 3 is 2.44 bits per heavy atom. The topological polar surface area (TPSA) is 55.3 Å². The highest BCUT2D eigenvalue weighted by Crippen LogP contribution is 2.23. The van der Waals surface area contributed by atoms with Gasteiger partial charge in [0, 0.05) is 12.1 Å². The van der Waals surface area contributed by atoms with Gasteiger partial charge in [-0.05, 0) is 46.1 Å². The van der Waals surface area contributed by atoms with Crippen LogP contribution < -0.4 is 5.73 Å². The van der Waals surface area contributed by atoms with E-state index in [0.717, 1.165) is 43.3 Å². The molecule has 0 aliphatic heterocycles. The number of nitrogens with zero attached hydrogens (tertiary/aromatic N) is 2. The van der Waals surface area contributed by atoms with Crippen molar-refractivity contribution in [2.45, 2.75) is 65.1 Å². The Bertz CT molecular complexity index is 361. The van der Waals surface area contributed by atoms with E-state index < -0.39 is 0 Å². The smallest absolute Gasteiger partial charge is 0.208 e. The molecular formula is C14H25N3O. The van der Waals surface area contributed by atoms with Crippen LogP contribution in [0.2, 0.25) is 0 Å². The van der Waals surface area contributed by atoms with Crippen LogP contribution in [-0.2, 0) is 6.54 Å². The minimum Gasteiger partial charge on any atom is -0.444 e. The molecule has 2 rings (SSSR count). The van der Waals surface area contributed by atoms with Crippen molar-refractivity contribution < 1.29 is 4.42 Å². The van der Waals surface area contributed by atoms with E-state index in [2.05, 4.69) is 16.8 Å². The van der Waals surface area contributed by atoms with Gasteiger partial charge in [-0.3, -0.25) is 4.90 Å². The fraction of sp³-hybridized carbons (Fsp3) is 0.786. The summed E-state index contributed by atoms with van der Waals surface area (Å²) in [5.74, 6) is 1.79. The average molecular weight is 251 g/mol. The second kappa shape index (κ2) is 5.85. The van der Waals surface area contributed by atoms with Crippen LogP contribution in [0, 0.1) is 13.8 Å². The van der Waals surface area contributed by atoms with E-state index in [1.54, 1.807) is 0 Å². The molecule has 0 amide bonds. The number of aromatic nitrogens is 1. The lowest BCUT2D eigenvalue weighted by atomic mass is 9.91.